The fraction of sp³-hybridized carbons (Fsp3) is 0.391. The normalized spacial score (nSPS) is 16.7. The van der Waals surface area contributed by atoms with E-state index in [0.717, 1.165) is 0 Å². The van der Waals surface area contributed by atoms with Gasteiger partial charge in [-0.05, 0) is 49.1 Å². The number of imide groups is 1. The average molecular weight is 423 g/mol. The molecule has 1 N–H and O–H groups in total. The SMILES string of the molecule is CC(C)CN1C(=O)c2ccc(C(=O)NC3CCN(C(=O)c4ccco4)CC3)cc2C1=O. The molecule has 2 aliphatic heterocycles. The molecule has 8 heteroatoms. The summed E-state index contributed by atoms with van der Waals surface area (Å²) >= 11 is 0. The van der Waals surface area contributed by atoms with Gasteiger partial charge in [-0.2, -0.15) is 0 Å². The Morgan fingerprint density at radius 3 is 2.45 bits per heavy atom. The largest absolute Gasteiger partial charge is 0.459 e. The molecule has 0 atom stereocenters. The molecular weight excluding hydrogens is 398 g/mol. The van der Waals surface area contributed by atoms with Gasteiger partial charge in [0.15, 0.2) is 5.76 Å². The van der Waals surface area contributed by atoms with Crippen LogP contribution >= 0.6 is 0 Å². The van der Waals surface area contributed by atoms with Crippen molar-refractivity contribution in [2.75, 3.05) is 19.6 Å². The van der Waals surface area contributed by atoms with E-state index in [1.165, 1.54) is 17.2 Å². The van der Waals surface area contributed by atoms with E-state index in [1.807, 2.05) is 13.8 Å². The first-order valence-corrected chi connectivity index (χ1v) is 10.5. The second-order valence-electron chi connectivity index (χ2n) is 8.39. The molecule has 2 aliphatic rings. The van der Waals surface area contributed by atoms with Crippen molar-refractivity contribution in [2.45, 2.75) is 32.7 Å². The lowest BCUT2D eigenvalue weighted by Crippen LogP contribution is -2.46. The third-order valence-electron chi connectivity index (χ3n) is 5.63. The van der Waals surface area contributed by atoms with Crippen LogP contribution in [0.1, 0.15) is 68.3 Å². The standard InChI is InChI=1S/C23H25N3O5/c1-14(2)13-26-21(28)17-6-5-15(12-18(17)22(26)29)20(27)24-16-7-9-25(10-8-16)23(30)19-4-3-11-31-19/h3-6,11-12,14,16H,7-10,13H2,1-2H3,(H,24,27). The fourth-order valence-electron chi connectivity index (χ4n) is 4.01. The van der Waals surface area contributed by atoms with Crippen molar-refractivity contribution in [1.29, 1.82) is 0 Å². The molecule has 0 unspecified atom stereocenters. The number of rotatable bonds is 5. The first kappa shape index (κ1) is 20.8. The second kappa shape index (κ2) is 8.37. The molecule has 1 fully saturated rings. The number of amides is 4. The molecule has 0 saturated carbocycles. The minimum absolute atomic E-state index is 0.0730. The van der Waals surface area contributed by atoms with Gasteiger partial charge in [0.1, 0.15) is 0 Å². The van der Waals surface area contributed by atoms with Crippen LogP contribution in [0.2, 0.25) is 0 Å². The van der Waals surface area contributed by atoms with E-state index < -0.39 is 0 Å². The zero-order chi connectivity index (χ0) is 22.1. The Morgan fingerprint density at radius 2 is 1.81 bits per heavy atom. The van der Waals surface area contributed by atoms with E-state index >= 15 is 0 Å². The number of piperidine rings is 1. The van der Waals surface area contributed by atoms with Crippen molar-refractivity contribution in [2.24, 2.45) is 5.92 Å². The molecule has 1 aromatic heterocycles. The highest BCUT2D eigenvalue weighted by molar-refractivity contribution is 6.22. The lowest BCUT2D eigenvalue weighted by Gasteiger charge is -2.31. The van der Waals surface area contributed by atoms with E-state index in [2.05, 4.69) is 5.32 Å². The Kier molecular flexibility index (Phi) is 5.63. The van der Waals surface area contributed by atoms with Crippen LogP contribution in [0.3, 0.4) is 0 Å². The molecule has 162 valence electrons. The van der Waals surface area contributed by atoms with Gasteiger partial charge in [0, 0.05) is 31.2 Å². The first-order valence-electron chi connectivity index (χ1n) is 10.5. The van der Waals surface area contributed by atoms with Crippen LogP contribution in [0.5, 0.6) is 0 Å². The zero-order valence-corrected chi connectivity index (χ0v) is 17.6. The second-order valence-corrected chi connectivity index (χ2v) is 8.39. The molecule has 0 aliphatic carbocycles. The number of carbonyl (C=O) groups excluding carboxylic acids is 4. The smallest absolute Gasteiger partial charge is 0.289 e. The van der Waals surface area contributed by atoms with Crippen LogP contribution in [0.25, 0.3) is 0 Å². The summed E-state index contributed by atoms with van der Waals surface area (Å²) in [5, 5.41) is 2.98. The number of furan rings is 1. The molecule has 0 radical (unpaired) electrons. The van der Waals surface area contributed by atoms with Gasteiger partial charge in [-0.3, -0.25) is 24.1 Å². The summed E-state index contributed by atoms with van der Waals surface area (Å²) in [4.78, 5) is 53.2. The summed E-state index contributed by atoms with van der Waals surface area (Å²) in [6.07, 6.45) is 2.72. The summed E-state index contributed by atoms with van der Waals surface area (Å²) in [6, 6.07) is 7.87. The van der Waals surface area contributed by atoms with Crippen molar-refractivity contribution in [3.05, 3.63) is 59.0 Å². The van der Waals surface area contributed by atoms with Gasteiger partial charge in [0.25, 0.3) is 23.6 Å². The van der Waals surface area contributed by atoms with Crippen LogP contribution in [0.4, 0.5) is 0 Å². The van der Waals surface area contributed by atoms with Gasteiger partial charge in [0.2, 0.25) is 0 Å². The summed E-state index contributed by atoms with van der Waals surface area (Å²) in [5.74, 6) is -0.632. The van der Waals surface area contributed by atoms with Gasteiger partial charge in [-0.1, -0.05) is 13.8 Å². The number of nitrogens with one attached hydrogen (secondary N) is 1. The summed E-state index contributed by atoms with van der Waals surface area (Å²) in [5.41, 5.74) is 0.962. The minimum Gasteiger partial charge on any atom is -0.459 e. The van der Waals surface area contributed by atoms with Crippen LogP contribution < -0.4 is 5.32 Å². The number of benzene rings is 1. The topological polar surface area (TPSA) is 99.9 Å². The maximum absolute atomic E-state index is 12.7. The van der Waals surface area contributed by atoms with Crippen molar-refractivity contribution < 1.29 is 23.6 Å². The molecule has 0 spiro atoms. The molecule has 3 heterocycles. The highest BCUT2D eigenvalue weighted by Crippen LogP contribution is 2.25. The minimum atomic E-state index is -0.354. The highest BCUT2D eigenvalue weighted by atomic mass is 16.3. The van der Waals surface area contributed by atoms with E-state index in [4.69, 9.17) is 4.42 Å². The number of fused-ring (bicyclic) bond motifs is 1. The molecule has 1 saturated heterocycles. The highest BCUT2D eigenvalue weighted by Gasteiger charge is 2.36. The Morgan fingerprint density at radius 1 is 1.10 bits per heavy atom. The number of hydrogen-bond acceptors (Lipinski definition) is 5. The summed E-state index contributed by atoms with van der Waals surface area (Å²) in [7, 11) is 0. The number of likely N-dealkylation sites (tertiary alicyclic amines) is 1. The number of hydrogen-bond donors (Lipinski definition) is 1. The maximum atomic E-state index is 12.7. The Balaban J connectivity index is 1.37. The third kappa shape index (κ3) is 4.10. The quantitative estimate of drug-likeness (QED) is 0.745. The molecule has 1 aromatic carbocycles. The third-order valence-corrected chi connectivity index (χ3v) is 5.63. The molecule has 8 nitrogen and oxygen atoms in total. The lowest BCUT2D eigenvalue weighted by molar-refractivity contribution is 0.0632. The Bertz CT molecular complexity index is 1020. The average Bonchev–Trinajstić information content (AvgIpc) is 3.37. The molecule has 2 aromatic rings. The molecular formula is C23H25N3O5. The van der Waals surface area contributed by atoms with Crippen LogP contribution in [-0.2, 0) is 0 Å². The van der Waals surface area contributed by atoms with Gasteiger partial charge >= 0.3 is 0 Å². The predicted octanol–water partition coefficient (Wildman–Crippen LogP) is 2.57. The maximum Gasteiger partial charge on any atom is 0.289 e. The van der Waals surface area contributed by atoms with Gasteiger partial charge < -0.3 is 14.6 Å². The van der Waals surface area contributed by atoms with E-state index in [9.17, 15) is 19.2 Å². The van der Waals surface area contributed by atoms with Gasteiger partial charge in [-0.25, -0.2) is 0 Å². The molecule has 4 amide bonds. The van der Waals surface area contributed by atoms with Crippen molar-refractivity contribution in [1.82, 2.24) is 15.1 Å². The van der Waals surface area contributed by atoms with Crippen LogP contribution in [0, 0.1) is 5.92 Å². The van der Waals surface area contributed by atoms with Crippen LogP contribution in [-0.4, -0.2) is 59.1 Å². The van der Waals surface area contributed by atoms with Crippen molar-refractivity contribution >= 4 is 23.6 Å². The van der Waals surface area contributed by atoms with Gasteiger partial charge in [-0.15, -0.1) is 0 Å². The Labute approximate surface area is 180 Å². The molecule has 0 bridgehead atoms. The Hall–Kier alpha value is -3.42. The van der Waals surface area contributed by atoms with E-state index in [0.29, 0.717) is 49.4 Å². The molecule has 4 rings (SSSR count). The fourth-order valence-corrected chi connectivity index (χ4v) is 4.01. The summed E-state index contributed by atoms with van der Waals surface area (Å²) < 4.78 is 5.16. The first-order chi connectivity index (χ1) is 14.8. The number of nitrogens with zero attached hydrogens (tertiary/aromatic N) is 2. The van der Waals surface area contributed by atoms with Gasteiger partial charge in [0.05, 0.1) is 17.4 Å². The van der Waals surface area contributed by atoms with Crippen LogP contribution in [0.15, 0.2) is 41.0 Å². The zero-order valence-electron chi connectivity index (χ0n) is 17.6. The summed E-state index contributed by atoms with van der Waals surface area (Å²) in [6.45, 7) is 5.27. The monoisotopic (exact) mass is 423 g/mol. The number of carbonyl (C=O) groups is 4. The molecule has 31 heavy (non-hydrogen) atoms. The van der Waals surface area contributed by atoms with Crippen molar-refractivity contribution in [3.8, 4) is 0 Å². The van der Waals surface area contributed by atoms with E-state index in [1.54, 1.807) is 29.2 Å². The van der Waals surface area contributed by atoms with E-state index in [-0.39, 0.29) is 41.2 Å². The van der Waals surface area contributed by atoms with Crippen molar-refractivity contribution in [3.63, 3.8) is 0 Å². The lowest BCUT2D eigenvalue weighted by atomic mass is 10.0. The predicted molar refractivity (Wildman–Crippen MR) is 112 cm³/mol.